The van der Waals surface area contributed by atoms with Gasteiger partial charge in [0.2, 0.25) is 10.0 Å². The number of carbonyl (C=O) groups excluding carboxylic acids is 1. The zero-order chi connectivity index (χ0) is 21.4. The Bertz CT molecular complexity index is 1120. The number of benzene rings is 2. The molecule has 0 saturated carbocycles. The maximum Gasteiger partial charge on any atom is 0.252 e. The molecule has 2 N–H and O–H groups in total. The molecule has 3 rings (SSSR count). The van der Waals surface area contributed by atoms with Crippen molar-refractivity contribution in [2.75, 3.05) is 0 Å². The van der Waals surface area contributed by atoms with Crippen molar-refractivity contribution >= 4 is 26.9 Å². The summed E-state index contributed by atoms with van der Waals surface area (Å²) in [5, 5.41) is 3.85. The van der Waals surface area contributed by atoms with E-state index in [1.54, 1.807) is 33.8 Å². The zero-order valence-corrected chi connectivity index (χ0v) is 18.1. The number of rotatable bonds is 5. The summed E-state index contributed by atoms with van der Waals surface area (Å²) in [5.41, 5.74) is 1.13. The average Bonchev–Trinajstić information content (AvgIpc) is 3.04. The molecule has 1 atom stereocenters. The first kappa shape index (κ1) is 21.1. The molecule has 1 aromatic heterocycles. The maximum absolute atomic E-state index is 12.9. The smallest absolute Gasteiger partial charge is 0.252 e. The lowest BCUT2D eigenvalue weighted by atomic mass is 10.1. The van der Waals surface area contributed by atoms with Gasteiger partial charge in [-0.1, -0.05) is 24.3 Å². The second-order valence-electron chi connectivity index (χ2n) is 8.21. The van der Waals surface area contributed by atoms with Gasteiger partial charge in [0.05, 0.1) is 10.9 Å². The molecule has 29 heavy (non-hydrogen) atoms. The van der Waals surface area contributed by atoms with Crippen LogP contribution in [0.1, 0.15) is 55.4 Å². The summed E-state index contributed by atoms with van der Waals surface area (Å²) in [6.45, 7) is 8.89. The number of fused-ring (bicyclic) bond motifs is 1. The highest BCUT2D eigenvalue weighted by Crippen LogP contribution is 2.24. The van der Waals surface area contributed by atoms with E-state index in [2.05, 4.69) is 10.0 Å². The Morgan fingerprint density at radius 2 is 1.76 bits per heavy atom. The molecule has 1 heterocycles. The molecule has 0 aliphatic heterocycles. The van der Waals surface area contributed by atoms with Crippen LogP contribution in [0.25, 0.3) is 11.0 Å². The van der Waals surface area contributed by atoms with E-state index >= 15 is 0 Å². The predicted molar refractivity (Wildman–Crippen MR) is 113 cm³/mol. The third-order valence-corrected chi connectivity index (χ3v) is 6.18. The highest BCUT2D eigenvalue weighted by Gasteiger charge is 2.24. The topological polar surface area (TPSA) is 88.4 Å². The molecule has 7 heteroatoms. The number of amides is 1. The van der Waals surface area contributed by atoms with Crippen LogP contribution in [0.5, 0.6) is 0 Å². The van der Waals surface area contributed by atoms with Crippen LogP contribution in [-0.2, 0) is 10.0 Å². The molecule has 2 aromatic carbocycles. The molecular formula is C22H26N2O4S. The van der Waals surface area contributed by atoms with Gasteiger partial charge < -0.3 is 9.73 Å². The molecule has 3 aromatic rings. The van der Waals surface area contributed by atoms with Crippen LogP contribution in [-0.4, -0.2) is 19.9 Å². The normalized spacial score (nSPS) is 13.4. The summed E-state index contributed by atoms with van der Waals surface area (Å²) >= 11 is 0. The summed E-state index contributed by atoms with van der Waals surface area (Å²) < 4.78 is 33.7. The molecule has 0 fully saturated rings. The van der Waals surface area contributed by atoms with E-state index in [4.69, 9.17) is 4.42 Å². The van der Waals surface area contributed by atoms with Crippen molar-refractivity contribution in [3.63, 3.8) is 0 Å². The molecule has 0 spiro atoms. The lowest BCUT2D eigenvalue weighted by molar-refractivity contribution is 0.0935. The predicted octanol–water partition coefficient (Wildman–Crippen LogP) is 4.31. The fourth-order valence-corrected chi connectivity index (χ4v) is 4.48. The Morgan fingerprint density at radius 1 is 1.07 bits per heavy atom. The SMILES string of the molecule is Cc1ccc(S(=O)(=O)NC(C)(C)C)cc1C(=O)NC(C)c1cc2ccccc2o1. The zero-order valence-electron chi connectivity index (χ0n) is 17.2. The molecule has 0 aliphatic rings. The van der Waals surface area contributed by atoms with Gasteiger partial charge >= 0.3 is 0 Å². The molecule has 0 saturated heterocycles. The fraction of sp³-hybridized carbons (Fsp3) is 0.318. The Kier molecular flexibility index (Phi) is 5.56. The van der Waals surface area contributed by atoms with Gasteiger partial charge in [-0.2, -0.15) is 0 Å². The van der Waals surface area contributed by atoms with Crippen molar-refractivity contribution in [1.29, 1.82) is 0 Å². The van der Waals surface area contributed by atoms with Gasteiger partial charge in [-0.3, -0.25) is 4.79 Å². The summed E-state index contributed by atoms with van der Waals surface area (Å²) in [6, 6.07) is 13.7. The number of aryl methyl sites for hydroxylation is 1. The van der Waals surface area contributed by atoms with E-state index in [1.807, 2.05) is 37.3 Å². The number of sulfonamides is 1. The maximum atomic E-state index is 12.9. The average molecular weight is 415 g/mol. The van der Waals surface area contributed by atoms with E-state index in [1.165, 1.54) is 12.1 Å². The van der Waals surface area contributed by atoms with Crippen LogP contribution >= 0.6 is 0 Å². The van der Waals surface area contributed by atoms with Gasteiger partial charge in [0.1, 0.15) is 11.3 Å². The standard InChI is InChI=1S/C22H26N2O4S/c1-14-10-11-17(29(26,27)24-22(3,4)5)13-18(14)21(25)23-15(2)20-12-16-8-6-7-9-19(16)28-20/h6-13,15,24H,1-5H3,(H,23,25). The van der Waals surface area contributed by atoms with E-state index in [0.29, 0.717) is 16.9 Å². The number of para-hydroxylation sites is 1. The van der Waals surface area contributed by atoms with Gasteiger partial charge in [0.25, 0.3) is 5.91 Å². The number of furan rings is 1. The van der Waals surface area contributed by atoms with Gasteiger partial charge in [-0.25, -0.2) is 13.1 Å². The summed E-state index contributed by atoms with van der Waals surface area (Å²) in [6.07, 6.45) is 0. The quantitative estimate of drug-likeness (QED) is 0.651. The number of hydrogen-bond donors (Lipinski definition) is 2. The van der Waals surface area contributed by atoms with E-state index in [-0.39, 0.29) is 16.8 Å². The minimum atomic E-state index is -3.74. The van der Waals surface area contributed by atoms with Crippen LogP contribution in [0.3, 0.4) is 0 Å². The first-order valence-corrected chi connectivity index (χ1v) is 10.9. The Labute approximate surface area is 171 Å². The Balaban J connectivity index is 1.85. The van der Waals surface area contributed by atoms with Crippen LogP contribution in [0.15, 0.2) is 57.8 Å². The van der Waals surface area contributed by atoms with E-state index in [0.717, 1.165) is 11.0 Å². The van der Waals surface area contributed by atoms with Crippen molar-refractivity contribution in [1.82, 2.24) is 10.0 Å². The van der Waals surface area contributed by atoms with Crippen molar-refractivity contribution in [3.05, 3.63) is 65.4 Å². The number of hydrogen-bond acceptors (Lipinski definition) is 4. The van der Waals surface area contributed by atoms with Gasteiger partial charge in [-0.05, 0) is 64.4 Å². The molecular weight excluding hydrogens is 388 g/mol. The molecule has 154 valence electrons. The molecule has 6 nitrogen and oxygen atoms in total. The Morgan fingerprint density at radius 3 is 2.41 bits per heavy atom. The second kappa shape index (κ2) is 7.65. The second-order valence-corrected chi connectivity index (χ2v) is 9.90. The molecule has 1 amide bonds. The summed E-state index contributed by atoms with van der Waals surface area (Å²) in [7, 11) is -3.74. The van der Waals surface area contributed by atoms with Gasteiger partial charge in [0, 0.05) is 16.5 Å². The third-order valence-electron chi connectivity index (χ3n) is 4.42. The Hall–Kier alpha value is -2.64. The minimum absolute atomic E-state index is 0.0552. The number of carbonyl (C=O) groups is 1. The van der Waals surface area contributed by atoms with Crippen LogP contribution < -0.4 is 10.0 Å². The van der Waals surface area contributed by atoms with Crippen LogP contribution in [0.2, 0.25) is 0 Å². The molecule has 1 unspecified atom stereocenters. The van der Waals surface area contributed by atoms with Crippen molar-refractivity contribution in [2.45, 2.75) is 51.1 Å². The highest BCUT2D eigenvalue weighted by molar-refractivity contribution is 7.89. The van der Waals surface area contributed by atoms with Crippen molar-refractivity contribution in [2.24, 2.45) is 0 Å². The van der Waals surface area contributed by atoms with Crippen LogP contribution in [0, 0.1) is 6.92 Å². The van der Waals surface area contributed by atoms with E-state index < -0.39 is 15.6 Å². The fourth-order valence-electron chi connectivity index (χ4n) is 3.04. The van der Waals surface area contributed by atoms with Crippen molar-refractivity contribution < 1.29 is 17.6 Å². The first-order valence-electron chi connectivity index (χ1n) is 9.40. The summed E-state index contributed by atoms with van der Waals surface area (Å²) in [5.74, 6) is 0.277. The largest absolute Gasteiger partial charge is 0.459 e. The van der Waals surface area contributed by atoms with Crippen LogP contribution in [0.4, 0.5) is 0 Å². The monoisotopic (exact) mass is 414 g/mol. The van der Waals surface area contributed by atoms with Gasteiger partial charge in [-0.15, -0.1) is 0 Å². The third kappa shape index (κ3) is 4.86. The molecule has 0 aliphatic carbocycles. The molecule has 0 bridgehead atoms. The minimum Gasteiger partial charge on any atom is -0.459 e. The highest BCUT2D eigenvalue weighted by atomic mass is 32.2. The van der Waals surface area contributed by atoms with E-state index in [9.17, 15) is 13.2 Å². The van der Waals surface area contributed by atoms with Gasteiger partial charge in [0.15, 0.2) is 0 Å². The van der Waals surface area contributed by atoms with Crippen molar-refractivity contribution in [3.8, 4) is 0 Å². The summed E-state index contributed by atoms with van der Waals surface area (Å²) in [4.78, 5) is 12.9. The lowest BCUT2D eigenvalue weighted by Gasteiger charge is -2.21. The lowest BCUT2D eigenvalue weighted by Crippen LogP contribution is -2.40. The number of nitrogens with one attached hydrogen (secondary N) is 2. The first-order chi connectivity index (χ1) is 13.5. The molecule has 0 radical (unpaired) electrons.